The molecular formula is C31H38N8O3. The highest BCUT2D eigenvalue weighted by Crippen LogP contribution is 2.33. The number of ether oxygens (including phenoxy) is 2. The fourth-order valence-corrected chi connectivity index (χ4v) is 6.30. The van der Waals surface area contributed by atoms with E-state index in [4.69, 9.17) is 24.4 Å². The number of likely N-dealkylation sites (tertiary alicyclic amines) is 1. The van der Waals surface area contributed by atoms with Gasteiger partial charge in [-0.25, -0.2) is 4.79 Å². The molecule has 0 radical (unpaired) electrons. The first-order chi connectivity index (χ1) is 20.6. The third-order valence-corrected chi connectivity index (χ3v) is 8.61. The molecule has 1 aromatic heterocycles. The molecule has 0 aliphatic carbocycles. The van der Waals surface area contributed by atoms with Gasteiger partial charge in [-0.15, -0.1) is 0 Å². The van der Waals surface area contributed by atoms with E-state index in [1.165, 1.54) is 31.5 Å². The van der Waals surface area contributed by atoms with E-state index in [-0.39, 0.29) is 18.2 Å². The molecule has 0 spiro atoms. The van der Waals surface area contributed by atoms with Crippen LogP contribution in [-0.4, -0.2) is 90.1 Å². The van der Waals surface area contributed by atoms with Crippen LogP contribution in [0.25, 0.3) is 11.4 Å². The maximum absolute atomic E-state index is 12.7. The first-order valence-corrected chi connectivity index (χ1v) is 15.1. The number of hydrogen-bond acceptors (Lipinski definition) is 9. The van der Waals surface area contributed by atoms with Crippen LogP contribution in [0.3, 0.4) is 0 Å². The Morgan fingerprint density at radius 3 is 2.21 bits per heavy atom. The molecule has 2 bridgehead atoms. The van der Waals surface area contributed by atoms with Crippen molar-refractivity contribution in [2.75, 3.05) is 66.4 Å². The van der Waals surface area contributed by atoms with Crippen molar-refractivity contribution in [1.29, 1.82) is 0 Å². The smallest absolute Gasteiger partial charge is 0.323 e. The van der Waals surface area contributed by atoms with Gasteiger partial charge in [0, 0.05) is 36.6 Å². The summed E-state index contributed by atoms with van der Waals surface area (Å²) in [5, 5.41) is 5.86. The van der Waals surface area contributed by atoms with E-state index in [9.17, 15) is 4.79 Å². The first-order valence-electron chi connectivity index (χ1n) is 15.1. The Morgan fingerprint density at radius 1 is 0.881 bits per heavy atom. The van der Waals surface area contributed by atoms with Crippen LogP contribution in [0.4, 0.5) is 28.1 Å². The van der Waals surface area contributed by atoms with Crippen LogP contribution in [0.2, 0.25) is 0 Å². The second-order valence-electron chi connectivity index (χ2n) is 11.7. The molecule has 3 atom stereocenters. The van der Waals surface area contributed by atoms with Crippen LogP contribution in [0.1, 0.15) is 31.7 Å². The van der Waals surface area contributed by atoms with Crippen LogP contribution < -0.4 is 20.4 Å². The van der Waals surface area contributed by atoms with Crippen molar-refractivity contribution in [1.82, 2.24) is 19.9 Å². The summed E-state index contributed by atoms with van der Waals surface area (Å²) in [5.74, 6) is 1.97. The summed E-state index contributed by atoms with van der Waals surface area (Å²) < 4.78 is 11.5. The van der Waals surface area contributed by atoms with Gasteiger partial charge in [-0.3, -0.25) is 4.90 Å². The topological polar surface area (TPSA) is 108 Å². The van der Waals surface area contributed by atoms with Gasteiger partial charge in [0.1, 0.15) is 0 Å². The molecule has 4 aliphatic heterocycles. The third-order valence-electron chi connectivity index (χ3n) is 8.61. The molecule has 4 aliphatic rings. The van der Waals surface area contributed by atoms with E-state index in [1.807, 2.05) is 36.4 Å². The molecule has 5 heterocycles. The predicted molar refractivity (Wildman–Crippen MR) is 162 cm³/mol. The van der Waals surface area contributed by atoms with E-state index >= 15 is 0 Å². The molecular weight excluding hydrogens is 532 g/mol. The van der Waals surface area contributed by atoms with Crippen LogP contribution in [0.5, 0.6) is 0 Å². The van der Waals surface area contributed by atoms with Crippen LogP contribution in [0, 0.1) is 0 Å². The summed E-state index contributed by atoms with van der Waals surface area (Å²) in [6.45, 7) is 8.95. The number of anilines is 4. The molecule has 0 saturated carbocycles. The molecule has 2 aromatic carbocycles. The molecule has 7 rings (SSSR count). The minimum atomic E-state index is -0.285. The molecule has 11 heteroatoms. The Labute approximate surface area is 246 Å². The quantitative estimate of drug-likeness (QED) is 0.436. The van der Waals surface area contributed by atoms with Gasteiger partial charge in [0.25, 0.3) is 0 Å². The van der Waals surface area contributed by atoms with Crippen molar-refractivity contribution < 1.29 is 14.3 Å². The molecule has 42 heavy (non-hydrogen) atoms. The van der Waals surface area contributed by atoms with Gasteiger partial charge in [-0.1, -0.05) is 12.1 Å². The van der Waals surface area contributed by atoms with Gasteiger partial charge in [-0.05, 0) is 81.2 Å². The highest BCUT2D eigenvalue weighted by molar-refractivity contribution is 5.99. The zero-order valence-corrected chi connectivity index (χ0v) is 24.0. The highest BCUT2D eigenvalue weighted by atomic mass is 16.5. The number of urea groups is 1. The first kappa shape index (κ1) is 27.1. The Balaban J connectivity index is 1.04. The number of carbonyl (C=O) groups excluding carboxylic acids is 1. The van der Waals surface area contributed by atoms with Crippen molar-refractivity contribution in [3.05, 3.63) is 54.1 Å². The van der Waals surface area contributed by atoms with E-state index in [0.29, 0.717) is 49.3 Å². The Hall–Kier alpha value is -3.80. The van der Waals surface area contributed by atoms with Crippen molar-refractivity contribution in [2.45, 2.75) is 50.9 Å². The van der Waals surface area contributed by atoms with E-state index in [2.05, 4.69) is 44.4 Å². The largest absolute Gasteiger partial charge is 0.377 e. The summed E-state index contributed by atoms with van der Waals surface area (Å²) in [4.78, 5) is 34.3. The maximum Gasteiger partial charge on any atom is 0.323 e. The number of nitrogens with zero attached hydrogens (tertiary/aromatic N) is 6. The van der Waals surface area contributed by atoms with E-state index in [1.54, 1.807) is 0 Å². The monoisotopic (exact) mass is 570 g/mol. The lowest BCUT2D eigenvalue weighted by atomic mass is 10.2. The van der Waals surface area contributed by atoms with Gasteiger partial charge in [0.15, 0.2) is 5.82 Å². The molecule has 2 amide bonds. The van der Waals surface area contributed by atoms with Crippen molar-refractivity contribution in [3.8, 4) is 11.4 Å². The number of amides is 2. The normalized spacial score (nSPS) is 23.9. The molecule has 3 aromatic rings. The van der Waals surface area contributed by atoms with Crippen LogP contribution >= 0.6 is 0 Å². The lowest BCUT2D eigenvalue weighted by Gasteiger charge is -2.34. The number of aromatic nitrogens is 3. The summed E-state index contributed by atoms with van der Waals surface area (Å²) >= 11 is 0. The Morgan fingerprint density at radius 2 is 1.57 bits per heavy atom. The van der Waals surface area contributed by atoms with Crippen molar-refractivity contribution >= 4 is 29.3 Å². The van der Waals surface area contributed by atoms with Crippen LogP contribution in [-0.2, 0) is 16.0 Å². The fraction of sp³-hybridized carbons (Fsp3) is 0.484. The summed E-state index contributed by atoms with van der Waals surface area (Å²) in [6, 6.07) is 15.9. The van der Waals surface area contributed by atoms with Gasteiger partial charge in [0.2, 0.25) is 11.9 Å². The van der Waals surface area contributed by atoms with Crippen molar-refractivity contribution in [2.24, 2.45) is 0 Å². The maximum atomic E-state index is 12.7. The lowest BCUT2D eigenvalue weighted by Crippen LogP contribution is -2.45. The molecule has 4 saturated heterocycles. The summed E-state index contributed by atoms with van der Waals surface area (Å²) in [6.07, 6.45) is 3.81. The predicted octanol–water partition coefficient (Wildman–Crippen LogP) is 3.98. The number of hydrogen-bond donors (Lipinski definition) is 2. The average Bonchev–Trinajstić information content (AvgIpc) is 3.79. The number of carbonyl (C=O) groups is 1. The molecule has 0 unspecified atom stereocenters. The summed E-state index contributed by atoms with van der Waals surface area (Å²) in [7, 11) is 0. The zero-order chi connectivity index (χ0) is 28.5. The van der Waals surface area contributed by atoms with Gasteiger partial charge in [-0.2, -0.15) is 15.0 Å². The SMILES string of the molecule is C[C@@H]1COCCN1c1nc(-c2ccc(NC(=O)Nc3ccc(CN4CCCC4)cc3)cc2)nc(N2C[C@@H]3C[C@H]2CO3)n1. The summed E-state index contributed by atoms with van der Waals surface area (Å²) in [5.41, 5.74) is 3.57. The van der Waals surface area contributed by atoms with Gasteiger partial charge >= 0.3 is 6.03 Å². The molecule has 11 nitrogen and oxygen atoms in total. The number of benzene rings is 2. The average molecular weight is 571 g/mol. The second-order valence-corrected chi connectivity index (χ2v) is 11.7. The number of morpholine rings is 2. The number of fused-ring (bicyclic) bond motifs is 2. The minimum absolute atomic E-state index is 0.173. The molecule has 220 valence electrons. The Kier molecular flexibility index (Phi) is 7.62. The lowest BCUT2D eigenvalue weighted by molar-refractivity contribution is 0.0974. The fourth-order valence-electron chi connectivity index (χ4n) is 6.30. The molecule has 4 fully saturated rings. The standard InChI is InChI=1S/C31H38N8O3/c1-21-19-41-15-14-38(21)29-34-28(35-30(36-29)39-18-27-16-26(39)20-42-27)23-6-10-25(11-7-23)33-31(40)32-24-8-4-22(5-9-24)17-37-12-2-3-13-37/h4-11,21,26-27H,2-3,12-20H2,1H3,(H2,32,33,40)/t21-,26+,27+/m1/s1. The zero-order valence-electron chi connectivity index (χ0n) is 24.0. The van der Waals surface area contributed by atoms with Gasteiger partial charge < -0.3 is 29.9 Å². The van der Waals surface area contributed by atoms with Gasteiger partial charge in [0.05, 0.1) is 38.0 Å². The third kappa shape index (κ3) is 5.90. The highest BCUT2D eigenvalue weighted by Gasteiger charge is 2.41. The van der Waals surface area contributed by atoms with E-state index in [0.717, 1.165) is 37.3 Å². The number of nitrogens with one attached hydrogen (secondary N) is 2. The van der Waals surface area contributed by atoms with E-state index < -0.39 is 0 Å². The minimum Gasteiger partial charge on any atom is -0.377 e. The second kappa shape index (κ2) is 11.8. The Bertz CT molecular complexity index is 1380. The van der Waals surface area contributed by atoms with Crippen molar-refractivity contribution in [3.63, 3.8) is 0 Å². The molecule has 2 N–H and O–H groups in total. The van der Waals surface area contributed by atoms with Crippen LogP contribution in [0.15, 0.2) is 48.5 Å². The number of rotatable bonds is 7.